The minimum Gasteiger partial charge on any atom is -0.491 e. The van der Waals surface area contributed by atoms with Crippen molar-refractivity contribution in [2.75, 3.05) is 6.54 Å². The van der Waals surface area contributed by atoms with E-state index in [1.165, 1.54) is 12.1 Å². The molecule has 0 unspecified atom stereocenters. The molecule has 0 aromatic heterocycles. The average Bonchev–Trinajstić information content (AvgIpc) is 2.64. The third-order valence-corrected chi connectivity index (χ3v) is 4.93. The number of benzene rings is 2. The molecule has 0 saturated heterocycles. The maximum atomic E-state index is 11.5. The van der Waals surface area contributed by atoms with Crippen molar-refractivity contribution in [1.29, 1.82) is 0 Å². The monoisotopic (exact) mass is 418 g/mol. The standard InChI is InChI=1S/C21H30N4O3S/c1-5-23-21(24-13-17-7-6-8-19(12-17)29(22,26)27)25-14-18-10-9-16(4)11-20(18)28-15(2)3/h6-12,15H,5,13-14H2,1-4H3,(H2,22,26,27)(H2,23,24,25). The molecule has 0 spiro atoms. The maximum absolute atomic E-state index is 11.5. The lowest BCUT2D eigenvalue weighted by atomic mass is 10.1. The predicted molar refractivity (Wildman–Crippen MR) is 116 cm³/mol. The molecule has 0 aliphatic heterocycles. The zero-order valence-corrected chi connectivity index (χ0v) is 18.2. The van der Waals surface area contributed by atoms with Gasteiger partial charge in [0.05, 0.1) is 17.5 Å². The molecular weight excluding hydrogens is 388 g/mol. The van der Waals surface area contributed by atoms with E-state index in [0.29, 0.717) is 25.6 Å². The van der Waals surface area contributed by atoms with Crippen LogP contribution in [0, 0.1) is 6.92 Å². The highest BCUT2D eigenvalue weighted by Gasteiger charge is 2.09. The normalized spacial score (nSPS) is 12.1. The Morgan fingerprint density at radius 3 is 2.59 bits per heavy atom. The molecule has 29 heavy (non-hydrogen) atoms. The van der Waals surface area contributed by atoms with E-state index < -0.39 is 10.0 Å². The van der Waals surface area contributed by atoms with E-state index in [1.54, 1.807) is 6.07 Å². The van der Waals surface area contributed by atoms with Crippen molar-refractivity contribution < 1.29 is 13.2 Å². The topological polar surface area (TPSA) is 106 Å². The van der Waals surface area contributed by atoms with Crippen LogP contribution < -0.4 is 20.5 Å². The molecule has 0 fully saturated rings. The van der Waals surface area contributed by atoms with Crippen molar-refractivity contribution in [3.8, 4) is 5.75 Å². The third-order valence-electron chi connectivity index (χ3n) is 4.02. The van der Waals surface area contributed by atoms with Crippen molar-refractivity contribution in [1.82, 2.24) is 10.6 Å². The smallest absolute Gasteiger partial charge is 0.238 e. The van der Waals surface area contributed by atoms with Gasteiger partial charge >= 0.3 is 0 Å². The van der Waals surface area contributed by atoms with E-state index in [4.69, 9.17) is 9.88 Å². The first kappa shape index (κ1) is 22.7. The molecule has 0 aliphatic rings. The fourth-order valence-electron chi connectivity index (χ4n) is 2.68. The number of ether oxygens (including phenoxy) is 1. The van der Waals surface area contributed by atoms with Crippen LogP contribution in [0.4, 0.5) is 0 Å². The lowest BCUT2D eigenvalue weighted by molar-refractivity contribution is 0.239. The molecule has 0 aliphatic carbocycles. The highest BCUT2D eigenvalue weighted by atomic mass is 32.2. The summed E-state index contributed by atoms with van der Waals surface area (Å²) in [5, 5.41) is 11.7. The molecule has 158 valence electrons. The Kier molecular flexibility index (Phi) is 8.04. The van der Waals surface area contributed by atoms with E-state index in [1.807, 2.05) is 52.0 Å². The van der Waals surface area contributed by atoms with Gasteiger partial charge in [0.2, 0.25) is 10.0 Å². The summed E-state index contributed by atoms with van der Waals surface area (Å²) in [4.78, 5) is 4.63. The molecule has 0 radical (unpaired) electrons. The largest absolute Gasteiger partial charge is 0.491 e. The van der Waals surface area contributed by atoms with Gasteiger partial charge in [-0.2, -0.15) is 0 Å². The zero-order valence-electron chi connectivity index (χ0n) is 17.4. The summed E-state index contributed by atoms with van der Waals surface area (Å²) < 4.78 is 29.0. The van der Waals surface area contributed by atoms with Crippen LogP contribution in [0.15, 0.2) is 52.4 Å². The van der Waals surface area contributed by atoms with Crippen molar-refractivity contribution in [3.05, 3.63) is 59.2 Å². The Morgan fingerprint density at radius 1 is 1.17 bits per heavy atom. The summed E-state index contributed by atoms with van der Waals surface area (Å²) in [6, 6.07) is 12.6. The molecule has 0 atom stereocenters. The molecule has 0 heterocycles. The van der Waals surface area contributed by atoms with Crippen LogP contribution >= 0.6 is 0 Å². The van der Waals surface area contributed by atoms with Crippen LogP contribution in [0.2, 0.25) is 0 Å². The number of guanidine groups is 1. The number of aryl methyl sites for hydroxylation is 1. The van der Waals surface area contributed by atoms with Crippen molar-refractivity contribution in [3.63, 3.8) is 0 Å². The summed E-state index contributed by atoms with van der Waals surface area (Å²) in [5.41, 5.74) is 2.93. The lowest BCUT2D eigenvalue weighted by Gasteiger charge is -2.17. The summed E-state index contributed by atoms with van der Waals surface area (Å²) in [5.74, 6) is 1.48. The number of nitrogens with one attached hydrogen (secondary N) is 2. The Morgan fingerprint density at radius 2 is 1.93 bits per heavy atom. The van der Waals surface area contributed by atoms with Crippen LogP contribution in [0.5, 0.6) is 5.75 Å². The van der Waals surface area contributed by atoms with E-state index in [2.05, 4.69) is 15.6 Å². The van der Waals surface area contributed by atoms with Crippen LogP contribution in [0.1, 0.15) is 37.5 Å². The highest BCUT2D eigenvalue weighted by Crippen LogP contribution is 2.21. The summed E-state index contributed by atoms with van der Waals surface area (Å²) in [6.07, 6.45) is 0.0866. The number of nitrogens with zero attached hydrogens (tertiary/aromatic N) is 1. The molecule has 0 saturated carbocycles. The van der Waals surface area contributed by atoms with Gasteiger partial charge in [-0.15, -0.1) is 0 Å². The van der Waals surface area contributed by atoms with Gasteiger partial charge in [-0.25, -0.2) is 18.5 Å². The Hall–Kier alpha value is -2.58. The average molecular weight is 419 g/mol. The van der Waals surface area contributed by atoms with E-state index in [-0.39, 0.29) is 11.0 Å². The second kappa shape index (κ2) is 10.3. The molecule has 2 rings (SSSR count). The molecule has 2 aromatic carbocycles. The fraction of sp³-hybridized carbons (Fsp3) is 0.381. The quantitative estimate of drug-likeness (QED) is 0.451. The van der Waals surface area contributed by atoms with Gasteiger partial charge in [-0.3, -0.25) is 0 Å². The second-order valence-corrected chi connectivity index (χ2v) is 8.58. The van der Waals surface area contributed by atoms with Crippen LogP contribution in [-0.4, -0.2) is 27.0 Å². The minimum atomic E-state index is -3.73. The van der Waals surface area contributed by atoms with Gasteiger partial charge in [-0.1, -0.05) is 24.3 Å². The minimum absolute atomic E-state index is 0.0818. The van der Waals surface area contributed by atoms with E-state index >= 15 is 0 Å². The lowest BCUT2D eigenvalue weighted by Crippen LogP contribution is -2.36. The molecule has 0 amide bonds. The summed E-state index contributed by atoms with van der Waals surface area (Å²) >= 11 is 0. The first-order chi connectivity index (χ1) is 13.7. The number of rotatable bonds is 8. The van der Waals surface area contributed by atoms with Gasteiger partial charge in [-0.05, 0) is 57.0 Å². The van der Waals surface area contributed by atoms with Gasteiger partial charge < -0.3 is 15.4 Å². The SMILES string of the molecule is CCNC(=NCc1cccc(S(N)(=O)=O)c1)NCc1ccc(C)cc1OC(C)C. The number of nitrogens with two attached hydrogens (primary N) is 1. The molecule has 8 heteroatoms. The predicted octanol–water partition coefficient (Wildman–Crippen LogP) is 2.68. The molecule has 4 N–H and O–H groups in total. The van der Waals surface area contributed by atoms with Crippen LogP contribution in [-0.2, 0) is 23.1 Å². The molecular formula is C21H30N4O3S. The van der Waals surface area contributed by atoms with Crippen molar-refractivity contribution in [2.24, 2.45) is 10.1 Å². The Balaban J connectivity index is 2.13. The first-order valence-electron chi connectivity index (χ1n) is 9.59. The second-order valence-electron chi connectivity index (χ2n) is 7.02. The number of aliphatic imine (C=N–C) groups is 1. The number of hydrogen-bond donors (Lipinski definition) is 3. The van der Waals surface area contributed by atoms with Crippen LogP contribution in [0.3, 0.4) is 0 Å². The maximum Gasteiger partial charge on any atom is 0.238 e. The molecule has 0 bridgehead atoms. The summed E-state index contributed by atoms with van der Waals surface area (Å²) in [7, 11) is -3.73. The first-order valence-corrected chi connectivity index (χ1v) is 11.1. The van der Waals surface area contributed by atoms with Gasteiger partial charge in [0.25, 0.3) is 0 Å². The number of sulfonamides is 1. The Labute approximate surface area is 173 Å². The summed E-state index contributed by atoms with van der Waals surface area (Å²) in [6.45, 7) is 9.59. The zero-order chi connectivity index (χ0) is 21.4. The van der Waals surface area contributed by atoms with Gasteiger partial charge in [0.1, 0.15) is 5.75 Å². The molecule has 2 aromatic rings. The van der Waals surface area contributed by atoms with Crippen molar-refractivity contribution >= 4 is 16.0 Å². The van der Waals surface area contributed by atoms with Gasteiger partial charge in [0, 0.05) is 18.7 Å². The van der Waals surface area contributed by atoms with Crippen LogP contribution in [0.25, 0.3) is 0 Å². The van der Waals surface area contributed by atoms with E-state index in [0.717, 1.165) is 22.4 Å². The van der Waals surface area contributed by atoms with Crippen molar-refractivity contribution in [2.45, 2.75) is 51.8 Å². The fourth-order valence-corrected chi connectivity index (χ4v) is 3.27. The third kappa shape index (κ3) is 7.40. The molecule has 7 nitrogen and oxygen atoms in total. The number of primary sulfonamides is 1. The van der Waals surface area contributed by atoms with E-state index in [9.17, 15) is 8.42 Å². The highest BCUT2D eigenvalue weighted by molar-refractivity contribution is 7.89. The number of hydrogen-bond acceptors (Lipinski definition) is 4. The Bertz CT molecular complexity index is 956. The van der Waals surface area contributed by atoms with Gasteiger partial charge in [0.15, 0.2) is 5.96 Å².